The molecule has 0 aliphatic rings. The Morgan fingerprint density at radius 1 is 0.886 bits per heavy atom. The molecule has 4 rings (SSSR count). The van der Waals surface area contributed by atoms with Crippen molar-refractivity contribution in [2.45, 2.75) is 0 Å². The number of anilines is 3. The van der Waals surface area contributed by atoms with E-state index in [4.69, 9.17) is 5.11 Å². The van der Waals surface area contributed by atoms with E-state index in [2.05, 4.69) is 20.9 Å². The minimum atomic E-state index is -1.36. The van der Waals surface area contributed by atoms with Gasteiger partial charge < -0.3 is 21.1 Å². The molecule has 1 aromatic heterocycles. The number of hydrogen-bond donors (Lipinski definition) is 4. The van der Waals surface area contributed by atoms with Crippen molar-refractivity contribution in [3.63, 3.8) is 0 Å². The summed E-state index contributed by atoms with van der Waals surface area (Å²) in [6.45, 7) is 0.231. The van der Waals surface area contributed by atoms with Crippen molar-refractivity contribution >= 4 is 39.8 Å². The Balaban J connectivity index is 1.59. The van der Waals surface area contributed by atoms with Gasteiger partial charge in [-0.1, -0.05) is 6.07 Å². The zero-order chi connectivity index (χ0) is 24.9. The summed E-state index contributed by atoms with van der Waals surface area (Å²) in [5, 5.41) is 17.2. The number of hydrogen-bond acceptors (Lipinski definition) is 5. The Bertz CT molecular complexity index is 1430. The first-order valence-electron chi connectivity index (χ1n) is 10.5. The molecule has 0 saturated carbocycles. The molecule has 0 radical (unpaired) electrons. The fraction of sp³-hybridized carbons (Fsp3) is 0.0800. The maximum absolute atomic E-state index is 14.6. The van der Waals surface area contributed by atoms with Crippen molar-refractivity contribution in [1.82, 2.24) is 4.98 Å². The van der Waals surface area contributed by atoms with E-state index >= 15 is 0 Å². The number of carbonyl (C=O) groups excluding carboxylic acids is 2. The molecule has 0 saturated heterocycles. The van der Waals surface area contributed by atoms with E-state index in [0.29, 0.717) is 23.1 Å². The number of ketones is 1. The van der Waals surface area contributed by atoms with Gasteiger partial charge >= 0.3 is 6.03 Å². The summed E-state index contributed by atoms with van der Waals surface area (Å²) in [7, 11) is 0. The molecule has 0 bridgehead atoms. The van der Waals surface area contributed by atoms with Gasteiger partial charge in [-0.05, 0) is 48.5 Å². The molecule has 4 aromatic rings. The van der Waals surface area contributed by atoms with Crippen LogP contribution >= 0.6 is 0 Å². The number of aliphatic hydroxyl groups is 1. The second-order valence-corrected chi connectivity index (χ2v) is 7.52. The number of urea groups is 1. The van der Waals surface area contributed by atoms with Crippen LogP contribution in [0, 0.1) is 17.5 Å². The van der Waals surface area contributed by atoms with E-state index in [1.165, 1.54) is 30.3 Å². The van der Waals surface area contributed by atoms with Gasteiger partial charge in [0.25, 0.3) is 0 Å². The molecule has 35 heavy (non-hydrogen) atoms. The van der Waals surface area contributed by atoms with E-state index in [0.717, 1.165) is 18.2 Å². The summed E-state index contributed by atoms with van der Waals surface area (Å²) in [5.41, 5.74) is 0.681. The molecule has 1 heterocycles. The molecule has 4 N–H and O–H groups in total. The lowest BCUT2D eigenvalue weighted by molar-refractivity contribution is 0.103. The summed E-state index contributed by atoms with van der Waals surface area (Å²) in [6.07, 6.45) is 1.57. The first kappa shape index (κ1) is 23.7. The molecule has 3 aromatic carbocycles. The number of aromatic nitrogens is 1. The zero-order valence-electron chi connectivity index (χ0n) is 18.1. The number of pyridine rings is 1. The monoisotopic (exact) mass is 480 g/mol. The van der Waals surface area contributed by atoms with Crippen LogP contribution in [-0.2, 0) is 0 Å². The Morgan fingerprint density at radius 2 is 1.69 bits per heavy atom. The number of aliphatic hydroxyl groups excluding tert-OH is 1. The van der Waals surface area contributed by atoms with Gasteiger partial charge in [0.15, 0.2) is 17.4 Å². The number of benzene rings is 3. The highest BCUT2D eigenvalue weighted by Gasteiger charge is 2.20. The summed E-state index contributed by atoms with van der Waals surface area (Å²) < 4.78 is 42.1. The lowest BCUT2D eigenvalue weighted by Gasteiger charge is -2.11. The average molecular weight is 480 g/mol. The van der Waals surface area contributed by atoms with Crippen LogP contribution in [0.2, 0.25) is 0 Å². The van der Waals surface area contributed by atoms with E-state index in [9.17, 15) is 22.8 Å². The molecule has 0 unspecified atom stereocenters. The first-order chi connectivity index (χ1) is 16.8. The van der Waals surface area contributed by atoms with Gasteiger partial charge in [0.1, 0.15) is 5.82 Å². The van der Waals surface area contributed by atoms with E-state index in [1.807, 2.05) is 0 Å². The Hall–Kier alpha value is -4.44. The summed E-state index contributed by atoms with van der Waals surface area (Å²) in [5.74, 6) is -4.05. The maximum Gasteiger partial charge on any atom is 0.323 e. The quantitative estimate of drug-likeness (QED) is 0.281. The topological polar surface area (TPSA) is 103 Å². The summed E-state index contributed by atoms with van der Waals surface area (Å²) in [4.78, 5) is 29.5. The van der Waals surface area contributed by atoms with Gasteiger partial charge in [-0.2, -0.15) is 0 Å². The van der Waals surface area contributed by atoms with Gasteiger partial charge in [-0.3, -0.25) is 9.78 Å². The lowest BCUT2D eigenvalue weighted by Crippen LogP contribution is -2.20. The number of nitrogens with one attached hydrogen (secondary N) is 3. The molecule has 0 fully saturated rings. The third-order valence-electron chi connectivity index (χ3n) is 5.00. The SMILES string of the molecule is O=C(Nc1cccc(F)c1)Nc1cc(F)c(F)c(C(=O)c2ccc3ncc(NCCO)cc3c2)c1. The van der Waals surface area contributed by atoms with Crippen LogP contribution in [0.1, 0.15) is 15.9 Å². The van der Waals surface area contributed by atoms with Crippen LogP contribution in [0.15, 0.2) is 66.9 Å². The van der Waals surface area contributed by atoms with E-state index < -0.39 is 34.8 Å². The van der Waals surface area contributed by atoms with Crippen LogP contribution in [0.4, 0.5) is 35.0 Å². The molecule has 2 amide bonds. The smallest absolute Gasteiger partial charge is 0.323 e. The van der Waals surface area contributed by atoms with E-state index in [-0.39, 0.29) is 23.5 Å². The number of nitrogens with zero attached hydrogens (tertiary/aromatic N) is 1. The van der Waals surface area contributed by atoms with E-state index in [1.54, 1.807) is 18.3 Å². The fourth-order valence-corrected chi connectivity index (χ4v) is 3.41. The second-order valence-electron chi connectivity index (χ2n) is 7.52. The highest BCUT2D eigenvalue weighted by Crippen LogP contribution is 2.24. The molecule has 0 aliphatic carbocycles. The maximum atomic E-state index is 14.6. The van der Waals surface area contributed by atoms with Crippen molar-refractivity contribution < 1.29 is 27.9 Å². The number of halogens is 3. The zero-order valence-corrected chi connectivity index (χ0v) is 18.1. The molecule has 0 atom stereocenters. The number of carbonyl (C=O) groups is 2. The predicted octanol–water partition coefficient (Wildman–Crippen LogP) is 4.93. The van der Waals surface area contributed by atoms with Crippen LogP contribution in [0.5, 0.6) is 0 Å². The third-order valence-corrected chi connectivity index (χ3v) is 5.00. The van der Waals surface area contributed by atoms with Crippen LogP contribution in [-0.4, -0.2) is 35.1 Å². The first-order valence-corrected chi connectivity index (χ1v) is 10.5. The molecule has 178 valence electrons. The standard InChI is InChI=1S/C25H19F3N4O3/c26-16-2-1-3-17(10-16)31-25(35)32-18-11-20(23(28)21(27)12-18)24(34)14-4-5-22-15(8-14)9-19(13-30-22)29-6-7-33/h1-5,8-13,29,33H,6-7H2,(H2,31,32,35). The van der Waals surface area contributed by atoms with Crippen molar-refractivity contribution in [1.29, 1.82) is 0 Å². The number of rotatable bonds is 7. The van der Waals surface area contributed by atoms with Crippen LogP contribution in [0.25, 0.3) is 10.9 Å². The third kappa shape index (κ3) is 5.56. The Morgan fingerprint density at radius 3 is 2.46 bits per heavy atom. The highest BCUT2D eigenvalue weighted by atomic mass is 19.2. The molecule has 10 heteroatoms. The molecule has 0 aliphatic heterocycles. The summed E-state index contributed by atoms with van der Waals surface area (Å²) in [6, 6.07) is 12.3. The van der Waals surface area contributed by atoms with Gasteiger partial charge in [-0.15, -0.1) is 0 Å². The van der Waals surface area contributed by atoms with Gasteiger partial charge in [-0.25, -0.2) is 18.0 Å². The van der Waals surface area contributed by atoms with Crippen molar-refractivity contribution in [3.05, 3.63) is 95.4 Å². The molecular weight excluding hydrogens is 461 g/mol. The van der Waals surface area contributed by atoms with Crippen molar-refractivity contribution in [2.24, 2.45) is 0 Å². The molecular formula is C25H19F3N4O3. The normalized spacial score (nSPS) is 10.7. The second kappa shape index (κ2) is 10.2. The minimum Gasteiger partial charge on any atom is -0.395 e. The number of amides is 2. The fourth-order valence-electron chi connectivity index (χ4n) is 3.41. The largest absolute Gasteiger partial charge is 0.395 e. The minimum absolute atomic E-state index is 0.0773. The van der Waals surface area contributed by atoms with Crippen molar-refractivity contribution in [2.75, 3.05) is 29.1 Å². The summed E-state index contributed by atoms with van der Waals surface area (Å²) >= 11 is 0. The molecule has 7 nitrogen and oxygen atoms in total. The van der Waals surface area contributed by atoms with Crippen molar-refractivity contribution in [3.8, 4) is 0 Å². The number of fused-ring (bicyclic) bond motifs is 1. The lowest BCUT2D eigenvalue weighted by atomic mass is 10.00. The van der Waals surface area contributed by atoms with Gasteiger partial charge in [0.05, 0.1) is 29.6 Å². The predicted molar refractivity (Wildman–Crippen MR) is 126 cm³/mol. The Labute approximate surface area is 197 Å². The van der Waals surface area contributed by atoms with Gasteiger partial charge in [0.2, 0.25) is 0 Å². The molecule has 0 spiro atoms. The highest BCUT2D eigenvalue weighted by molar-refractivity contribution is 6.11. The van der Waals surface area contributed by atoms with Crippen LogP contribution < -0.4 is 16.0 Å². The average Bonchev–Trinajstić information content (AvgIpc) is 2.83. The Kier molecular flexibility index (Phi) is 6.93. The van der Waals surface area contributed by atoms with Crippen LogP contribution in [0.3, 0.4) is 0 Å². The van der Waals surface area contributed by atoms with Gasteiger partial charge in [0, 0.05) is 34.9 Å².